The van der Waals surface area contributed by atoms with Gasteiger partial charge in [-0.25, -0.2) is 13.2 Å². The summed E-state index contributed by atoms with van der Waals surface area (Å²) >= 11 is 1.11. The molecule has 0 saturated carbocycles. The van der Waals surface area contributed by atoms with Crippen molar-refractivity contribution in [3.8, 4) is 0 Å². The largest absolute Gasteiger partial charge is 0.368 e. The summed E-state index contributed by atoms with van der Waals surface area (Å²) in [5.74, 6) is -2.58. The number of amides is 1. The highest BCUT2D eigenvalue weighted by Gasteiger charge is 2.14. The van der Waals surface area contributed by atoms with E-state index in [2.05, 4.69) is 15.5 Å². The molecule has 3 rings (SSSR count). The quantitative estimate of drug-likeness (QED) is 0.697. The van der Waals surface area contributed by atoms with E-state index in [9.17, 15) is 18.0 Å². The molecule has 9 heteroatoms. The van der Waals surface area contributed by atoms with Crippen LogP contribution in [-0.2, 0) is 13.1 Å². The number of hydrogen-bond donors (Lipinski definition) is 1. The van der Waals surface area contributed by atoms with Gasteiger partial charge < -0.3 is 10.2 Å². The molecule has 140 valence electrons. The van der Waals surface area contributed by atoms with Crippen LogP contribution in [0, 0.1) is 17.5 Å². The lowest BCUT2D eigenvalue weighted by atomic mass is 10.2. The van der Waals surface area contributed by atoms with Gasteiger partial charge >= 0.3 is 0 Å². The number of halogens is 3. The topological polar surface area (TPSA) is 58.1 Å². The second kappa shape index (κ2) is 8.17. The Morgan fingerprint density at radius 3 is 2.52 bits per heavy atom. The Bertz CT molecular complexity index is 946. The molecule has 1 heterocycles. The van der Waals surface area contributed by atoms with E-state index in [1.54, 1.807) is 24.1 Å². The van der Waals surface area contributed by atoms with E-state index in [0.717, 1.165) is 29.0 Å². The first-order valence-electron chi connectivity index (χ1n) is 7.93. The number of nitrogens with zero attached hydrogens (tertiary/aromatic N) is 3. The molecule has 1 aromatic heterocycles. The Morgan fingerprint density at radius 2 is 1.81 bits per heavy atom. The molecule has 0 radical (unpaired) electrons. The summed E-state index contributed by atoms with van der Waals surface area (Å²) in [5, 5.41) is 11.2. The molecule has 2 aromatic carbocycles. The van der Waals surface area contributed by atoms with E-state index in [4.69, 9.17) is 0 Å². The zero-order valence-corrected chi connectivity index (χ0v) is 15.1. The number of anilines is 1. The van der Waals surface area contributed by atoms with E-state index in [0.29, 0.717) is 10.7 Å². The maximum atomic E-state index is 13.3. The van der Waals surface area contributed by atoms with Gasteiger partial charge in [0.15, 0.2) is 11.6 Å². The van der Waals surface area contributed by atoms with Gasteiger partial charge in [0, 0.05) is 25.3 Å². The van der Waals surface area contributed by atoms with Gasteiger partial charge in [-0.05, 0) is 29.8 Å². The number of aromatic nitrogens is 2. The molecule has 5 nitrogen and oxygen atoms in total. The van der Waals surface area contributed by atoms with E-state index >= 15 is 0 Å². The number of hydrogen-bond acceptors (Lipinski definition) is 5. The number of carbonyl (C=O) groups excluding carboxylic acids is 1. The number of nitrogens with one attached hydrogen (secondary N) is 1. The van der Waals surface area contributed by atoms with E-state index in [1.807, 2.05) is 0 Å². The lowest BCUT2D eigenvalue weighted by Crippen LogP contribution is -2.22. The fourth-order valence-electron chi connectivity index (χ4n) is 2.29. The van der Waals surface area contributed by atoms with Crippen LogP contribution < -0.4 is 10.2 Å². The molecule has 3 aromatic rings. The summed E-state index contributed by atoms with van der Waals surface area (Å²) in [5.41, 5.74) is 1.24. The van der Waals surface area contributed by atoms with Gasteiger partial charge in [-0.15, -0.1) is 10.2 Å². The van der Waals surface area contributed by atoms with Crippen molar-refractivity contribution in [2.75, 3.05) is 11.9 Å². The van der Waals surface area contributed by atoms with Gasteiger partial charge in [-0.1, -0.05) is 23.5 Å². The fourth-order valence-corrected chi connectivity index (χ4v) is 3.10. The highest BCUT2D eigenvalue weighted by atomic mass is 32.1. The lowest BCUT2D eigenvalue weighted by Gasteiger charge is -2.17. The molecular formula is C18H15F3N4OS. The number of benzene rings is 2. The third kappa shape index (κ3) is 4.82. The van der Waals surface area contributed by atoms with Crippen LogP contribution >= 0.6 is 11.3 Å². The van der Waals surface area contributed by atoms with Crippen LogP contribution in [-0.4, -0.2) is 23.2 Å². The summed E-state index contributed by atoms with van der Waals surface area (Å²) in [7, 11) is 1.70. The third-order valence-corrected chi connectivity index (χ3v) is 4.65. The molecule has 0 bridgehead atoms. The minimum absolute atomic E-state index is 0.186. The summed E-state index contributed by atoms with van der Waals surface area (Å²) in [6, 6.07) is 9.39. The van der Waals surface area contributed by atoms with Gasteiger partial charge in [0.05, 0.1) is 6.54 Å². The molecule has 0 unspecified atom stereocenters. The molecule has 0 spiro atoms. The van der Waals surface area contributed by atoms with Crippen LogP contribution in [0.15, 0.2) is 42.5 Å². The minimum atomic E-state index is -0.933. The maximum Gasteiger partial charge on any atom is 0.282 e. The zero-order chi connectivity index (χ0) is 19.4. The van der Waals surface area contributed by atoms with Gasteiger partial charge in [0.25, 0.3) is 5.91 Å². The third-order valence-electron chi connectivity index (χ3n) is 3.74. The second-order valence-corrected chi connectivity index (χ2v) is 6.83. The van der Waals surface area contributed by atoms with Gasteiger partial charge in [-0.2, -0.15) is 0 Å². The predicted molar refractivity (Wildman–Crippen MR) is 95.9 cm³/mol. The second-order valence-electron chi connectivity index (χ2n) is 5.76. The van der Waals surface area contributed by atoms with E-state index in [-0.39, 0.29) is 23.9 Å². The van der Waals surface area contributed by atoms with Gasteiger partial charge in [0.1, 0.15) is 10.8 Å². The average Bonchev–Trinajstić information content (AvgIpc) is 3.11. The highest BCUT2D eigenvalue weighted by Crippen LogP contribution is 2.20. The molecule has 0 aliphatic rings. The van der Waals surface area contributed by atoms with Crippen molar-refractivity contribution in [3.05, 3.63) is 75.5 Å². The molecule has 0 fully saturated rings. The van der Waals surface area contributed by atoms with Crippen molar-refractivity contribution in [2.24, 2.45) is 0 Å². The molecule has 1 amide bonds. The SMILES string of the molecule is CN(Cc1nnc(C(=O)NCc2ccc(F)cc2)s1)c1ccc(F)c(F)c1. The number of rotatable bonds is 6. The summed E-state index contributed by atoms with van der Waals surface area (Å²) in [6.07, 6.45) is 0. The van der Waals surface area contributed by atoms with Crippen LogP contribution in [0.1, 0.15) is 20.4 Å². The molecule has 0 aliphatic heterocycles. The standard InChI is InChI=1S/C18H15F3N4OS/c1-25(13-6-7-14(20)15(21)8-13)10-16-23-24-18(27-16)17(26)22-9-11-2-4-12(19)5-3-11/h2-8H,9-10H2,1H3,(H,22,26). The maximum absolute atomic E-state index is 13.3. The monoisotopic (exact) mass is 392 g/mol. The van der Waals surface area contributed by atoms with Crippen LogP contribution in [0.4, 0.5) is 18.9 Å². The highest BCUT2D eigenvalue weighted by molar-refractivity contribution is 7.13. The molecular weight excluding hydrogens is 377 g/mol. The molecule has 0 aliphatic carbocycles. The van der Waals surface area contributed by atoms with Gasteiger partial charge in [-0.3, -0.25) is 4.79 Å². The molecule has 1 N–H and O–H groups in total. The van der Waals surface area contributed by atoms with Crippen molar-refractivity contribution in [2.45, 2.75) is 13.1 Å². The predicted octanol–water partition coefficient (Wildman–Crippen LogP) is 3.52. The summed E-state index contributed by atoms with van der Waals surface area (Å²) < 4.78 is 39.2. The molecule has 0 atom stereocenters. The Balaban J connectivity index is 1.59. The fraction of sp³-hybridized carbons (Fsp3) is 0.167. The van der Waals surface area contributed by atoms with Crippen LogP contribution in [0.2, 0.25) is 0 Å². The van der Waals surface area contributed by atoms with Crippen LogP contribution in [0.3, 0.4) is 0 Å². The Kier molecular flexibility index (Phi) is 5.70. The van der Waals surface area contributed by atoms with Crippen molar-refractivity contribution < 1.29 is 18.0 Å². The van der Waals surface area contributed by atoms with Crippen molar-refractivity contribution in [3.63, 3.8) is 0 Å². The van der Waals surface area contributed by atoms with Crippen LogP contribution in [0.25, 0.3) is 0 Å². The average molecular weight is 392 g/mol. The van der Waals surface area contributed by atoms with Crippen molar-refractivity contribution >= 4 is 22.9 Å². The first-order chi connectivity index (χ1) is 12.9. The summed E-state index contributed by atoms with van der Waals surface area (Å²) in [6.45, 7) is 0.525. The van der Waals surface area contributed by atoms with Crippen molar-refractivity contribution in [1.29, 1.82) is 0 Å². The van der Waals surface area contributed by atoms with Crippen LogP contribution in [0.5, 0.6) is 0 Å². The Labute approximate surface area is 157 Å². The first-order valence-corrected chi connectivity index (χ1v) is 8.75. The Morgan fingerprint density at radius 1 is 1.07 bits per heavy atom. The van der Waals surface area contributed by atoms with Crippen molar-refractivity contribution in [1.82, 2.24) is 15.5 Å². The lowest BCUT2D eigenvalue weighted by molar-refractivity contribution is 0.0950. The zero-order valence-electron chi connectivity index (χ0n) is 14.2. The first kappa shape index (κ1) is 18.8. The Hall–Kier alpha value is -2.94. The van der Waals surface area contributed by atoms with E-state index < -0.39 is 17.5 Å². The van der Waals surface area contributed by atoms with E-state index in [1.165, 1.54) is 18.2 Å². The molecule has 27 heavy (non-hydrogen) atoms. The molecule has 0 saturated heterocycles. The minimum Gasteiger partial charge on any atom is -0.368 e. The summed E-state index contributed by atoms with van der Waals surface area (Å²) in [4.78, 5) is 13.8. The smallest absolute Gasteiger partial charge is 0.282 e. The number of carbonyl (C=O) groups is 1. The normalized spacial score (nSPS) is 10.7. The van der Waals surface area contributed by atoms with Gasteiger partial charge in [0.2, 0.25) is 5.01 Å².